The zero-order valence-corrected chi connectivity index (χ0v) is 17.2. The highest BCUT2D eigenvalue weighted by molar-refractivity contribution is 6.11. The minimum atomic E-state index is -4.72. The number of piperazine rings is 1. The van der Waals surface area contributed by atoms with E-state index in [2.05, 4.69) is 36.1 Å². The van der Waals surface area contributed by atoms with Crippen LogP contribution < -0.4 is 16.0 Å². The molecule has 2 aromatic rings. The third-order valence-corrected chi connectivity index (χ3v) is 5.41. The highest BCUT2D eigenvalue weighted by Gasteiger charge is 2.38. The Morgan fingerprint density at radius 1 is 1.33 bits per heavy atom. The number of ketones is 1. The van der Waals surface area contributed by atoms with E-state index in [9.17, 15) is 18.0 Å². The Kier molecular flexibility index (Phi) is 6.30. The Morgan fingerprint density at radius 3 is 2.67 bits per heavy atom. The predicted octanol–water partition coefficient (Wildman–Crippen LogP) is 4.01. The van der Waals surface area contributed by atoms with Crippen molar-refractivity contribution in [1.29, 1.82) is 0 Å². The third-order valence-electron chi connectivity index (χ3n) is 5.41. The minimum Gasteiger partial charge on any atom is -0.383 e. The molecular weight excluding hydrogens is 395 g/mol. The Bertz CT molecular complexity index is 927. The van der Waals surface area contributed by atoms with Crippen molar-refractivity contribution in [3.63, 3.8) is 0 Å². The van der Waals surface area contributed by atoms with Crippen LogP contribution >= 0.6 is 0 Å². The van der Waals surface area contributed by atoms with E-state index in [1.807, 2.05) is 4.90 Å². The number of nitrogens with one attached hydrogen (secondary N) is 1. The van der Waals surface area contributed by atoms with Crippen LogP contribution in [0.5, 0.6) is 0 Å². The predicted molar refractivity (Wildman–Crippen MR) is 114 cm³/mol. The van der Waals surface area contributed by atoms with Crippen molar-refractivity contribution >= 4 is 17.4 Å². The number of aromatic nitrogens is 2. The summed E-state index contributed by atoms with van der Waals surface area (Å²) in [6, 6.07) is 5.42. The van der Waals surface area contributed by atoms with Gasteiger partial charge in [-0.15, -0.1) is 0 Å². The molecule has 1 saturated heterocycles. The number of nitrogens with two attached hydrogens (primary N) is 1. The summed E-state index contributed by atoms with van der Waals surface area (Å²) in [6.07, 6.45) is -2.47. The monoisotopic (exact) mass is 425 g/mol. The van der Waals surface area contributed by atoms with Crippen molar-refractivity contribution in [2.75, 3.05) is 23.7 Å². The summed E-state index contributed by atoms with van der Waals surface area (Å²) in [4.78, 5) is 22.9. The zero-order valence-electron chi connectivity index (χ0n) is 17.2. The number of hydrogen-bond donors (Lipinski definition) is 2. The van der Waals surface area contributed by atoms with E-state index in [1.54, 1.807) is 0 Å². The molecule has 30 heavy (non-hydrogen) atoms. The normalized spacial score (nSPS) is 19.9. The van der Waals surface area contributed by atoms with Crippen LogP contribution in [-0.4, -0.2) is 40.9 Å². The molecule has 3 rings (SSSR count). The first kappa shape index (κ1) is 22.0. The molecule has 0 unspecified atom stereocenters. The molecule has 0 amide bonds. The standard InChI is InChI=1S/C21H26F3N5O.2H2/c1-4-13-10-29(11-16(27-13)12(2)3)17-8-7-15(21(22,23)24)18(28-17)19(30)14-6-5-9-26-20(14)25;;/h5-9,12-13,16,27H,4,10-11H2,1-3H3,(H2,25,26);2*1H/t13-,16+;;/m0../s1. The fourth-order valence-electron chi connectivity index (χ4n) is 3.59. The van der Waals surface area contributed by atoms with Gasteiger partial charge in [-0.3, -0.25) is 4.79 Å². The highest BCUT2D eigenvalue weighted by atomic mass is 19.4. The molecule has 0 aliphatic carbocycles. The molecule has 3 N–H and O–H groups in total. The van der Waals surface area contributed by atoms with Gasteiger partial charge in [0.2, 0.25) is 5.78 Å². The second-order valence-corrected chi connectivity index (χ2v) is 7.86. The van der Waals surface area contributed by atoms with Crippen molar-refractivity contribution in [2.45, 2.75) is 45.5 Å². The molecule has 2 atom stereocenters. The number of pyridine rings is 2. The molecule has 0 aromatic carbocycles. The molecule has 1 fully saturated rings. The molecule has 0 spiro atoms. The molecule has 0 radical (unpaired) electrons. The molecule has 166 valence electrons. The quantitative estimate of drug-likeness (QED) is 0.704. The molecule has 6 nitrogen and oxygen atoms in total. The van der Waals surface area contributed by atoms with E-state index in [4.69, 9.17) is 5.73 Å². The first-order chi connectivity index (χ1) is 14.1. The fourth-order valence-corrected chi connectivity index (χ4v) is 3.59. The van der Waals surface area contributed by atoms with E-state index < -0.39 is 23.2 Å². The molecule has 2 aromatic heterocycles. The Morgan fingerprint density at radius 2 is 2.07 bits per heavy atom. The van der Waals surface area contributed by atoms with Gasteiger partial charge in [-0.2, -0.15) is 13.2 Å². The van der Waals surface area contributed by atoms with Crippen LogP contribution in [-0.2, 0) is 6.18 Å². The summed E-state index contributed by atoms with van der Waals surface area (Å²) >= 11 is 0. The van der Waals surface area contributed by atoms with Crippen molar-refractivity contribution in [3.8, 4) is 0 Å². The van der Waals surface area contributed by atoms with E-state index in [1.165, 1.54) is 24.4 Å². The smallest absolute Gasteiger partial charge is 0.383 e. The van der Waals surface area contributed by atoms with Crippen molar-refractivity contribution in [3.05, 3.63) is 47.3 Å². The number of anilines is 2. The van der Waals surface area contributed by atoms with Gasteiger partial charge in [0.15, 0.2) is 0 Å². The number of carbonyl (C=O) groups excluding carboxylic acids is 1. The first-order valence-electron chi connectivity index (χ1n) is 9.96. The molecule has 9 heteroatoms. The van der Waals surface area contributed by atoms with Crippen LogP contribution in [0.15, 0.2) is 30.5 Å². The van der Waals surface area contributed by atoms with E-state index >= 15 is 0 Å². The Balaban J connectivity index is 0.00000256. The summed E-state index contributed by atoms with van der Waals surface area (Å²) in [6.45, 7) is 7.43. The SMILES string of the molecule is CC[C@H]1CN(c2ccc(C(F)(F)F)c(C(=O)c3cccnc3N)n2)C[C@H](C(C)C)N1.[HH].[HH]. The van der Waals surface area contributed by atoms with E-state index in [-0.39, 0.29) is 26.3 Å². The van der Waals surface area contributed by atoms with Gasteiger partial charge in [0.05, 0.1) is 11.1 Å². The van der Waals surface area contributed by atoms with Gasteiger partial charge in [-0.25, -0.2) is 9.97 Å². The van der Waals surface area contributed by atoms with Crippen molar-refractivity contribution < 1.29 is 20.8 Å². The van der Waals surface area contributed by atoms with Crippen molar-refractivity contribution in [2.24, 2.45) is 5.92 Å². The van der Waals surface area contributed by atoms with E-state index in [0.29, 0.717) is 24.8 Å². The lowest BCUT2D eigenvalue weighted by molar-refractivity contribution is -0.138. The second kappa shape index (κ2) is 8.59. The highest BCUT2D eigenvalue weighted by Crippen LogP contribution is 2.34. The third kappa shape index (κ3) is 4.56. The Labute approximate surface area is 176 Å². The van der Waals surface area contributed by atoms with Gasteiger partial charge >= 0.3 is 6.18 Å². The topological polar surface area (TPSA) is 84.1 Å². The number of nitrogens with zero attached hydrogens (tertiary/aromatic N) is 3. The van der Waals surface area contributed by atoms with Gasteiger partial charge < -0.3 is 16.0 Å². The molecule has 0 bridgehead atoms. The number of rotatable bonds is 5. The summed E-state index contributed by atoms with van der Waals surface area (Å²) in [5.41, 5.74) is 3.89. The van der Waals surface area contributed by atoms with Gasteiger partial charge in [-0.05, 0) is 36.6 Å². The number of nitrogen functional groups attached to an aromatic ring is 1. The second-order valence-electron chi connectivity index (χ2n) is 7.86. The summed E-state index contributed by atoms with van der Waals surface area (Å²) in [5, 5.41) is 3.57. The summed E-state index contributed by atoms with van der Waals surface area (Å²) < 4.78 is 40.9. The van der Waals surface area contributed by atoms with Crippen LogP contribution in [0, 0.1) is 5.92 Å². The van der Waals surface area contributed by atoms with Gasteiger partial charge in [0.25, 0.3) is 0 Å². The maximum Gasteiger partial charge on any atom is 0.418 e. The maximum absolute atomic E-state index is 13.6. The number of alkyl halides is 3. The van der Waals surface area contributed by atoms with E-state index in [0.717, 1.165) is 12.5 Å². The van der Waals surface area contributed by atoms with Crippen LogP contribution in [0.1, 0.15) is 51.7 Å². The molecule has 1 aliphatic rings. The molecule has 1 aliphatic heterocycles. The lowest BCUT2D eigenvalue weighted by Crippen LogP contribution is -2.58. The zero-order chi connectivity index (χ0) is 22.1. The lowest BCUT2D eigenvalue weighted by Gasteiger charge is -2.41. The van der Waals surface area contributed by atoms with Crippen LogP contribution in [0.4, 0.5) is 24.8 Å². The Hall–Kier alpha value is -2.68. The summed E-state index contributed by atoms with van der Waals surface area (Å²) in [5.74, 6) is -0.333. The van der Waals surface area contributed by atoms with Crippen LogP contribution in [0.25, 0.3) is 0 Å². The average molecular weight is 425 g/mol. The lowest BCUT2D eigenvalue weighted by atomic mass is 9.98. The molecule has 3 heterocycles. The van der Waals surface area contributed by atoms with Crippen LogP contribution in [0.2, 0.25) is 0 Å². The average Bonchev–Trinajstić information content (AvgIpc) is 2.72. The first-order valence-corrected chi connectivity index (χ1v) is 9.96. The van der Waals surface area contributed by atoms with Gasteiger partial charge in [0.1, 0.15) is 17.3 Å². The van der Waals surface area contributed by atoms with Crippen molar-refractivity contribution in [1.82, 2.24) is 15.3 Å². The number of carbonyl (C=O) groups is 1. The van der Waals surface area contributed by atoms with Gasteiger partial charge in [0, 0.05) is 34.2 Å². The molecule has 0 saturated carbocycles. The van der Waals surface area contributed by atoms with Gasteiger partial charge in [-0.1, -0.05) is 20.8 Å². The fraction of sp³-hybridized carbons (Fsp3) is 0.476. The maximum atomic E-state index is 13.6. The number of halogens is 3. The van der Waals surface area contributed by atoms with Crippen LogP contribution in [0.3, 0.4) is 0 Å². The number of hydrogen-bond acceptors (Lipinski definition) is 6. The molecular formula is C21H30F3N5O. The largest absolute Gasteiger partial charge is 0.418 e. The minimum absolute atomic E-state index is 0. The summed E-state index contributed by atoms with van der Waals surface area (Å²) in [7, 11) is 0.